The number of piperazine rings is 1. The topological polar surface area (TPSA) is 58.3 Å². The second-order valence-corrected chi connectivity index (χ2v) is 5.49. The van der Waals surface area contributed by atoms with Gasteiger partial charge in [-0.1, -0.05) is 12.2 Å². The Labute approximate surface area is 119 Å². The third-order valence-corrected chi connectivity index (χ3v) is 3.89. The van der Waals surface area contributed by atoms with E-state index in [0.717, 1.165) is 43.5 Å². The average molecular weight is 279 g/mol. The van der Waals surface area contributed by atoms with Gasteiger partial charge in [0.25, 0.3) is 0 Å². The fourth-order valence-corrected chi connectivity index (χ4v) is 2.53. The third kappa shape index (κ3) is 3.39. The first kappa shape index (κ1) is 14.1. The van der Waals surface area contributed by atoms with Crippen LogP contribution in [0.4, 0.5) is 5.82 Å². The lowest BCUT2D eigenvalue weighted by Gasteiger charge is -2.38. The molecule has 0 aromatic carbocycles. The van der Waals surface area contributed by atoms with E-state index in [1.54, 1.807) is 0 Å². The molecule has 1 unspecified atom stereocenters. The lowest BCUT2D eigenvalue weighted by Crippen LogP contribution is -2.53. The molecule has 1 aliphatic heterocycles. The van der Waals surface area contributed by atoms with Gasteiger partial charge in [-0.2, -0.15) is 0 Å². The lowest BCUT2D eigenvalue weighted by molar-refractivity contribution is 0.238. The highest BCUT2D eigenvalue weighted by Crippen LogP contribution is 2.16. The zero-order chi connectivity index (χ0) is 14.0. The fraction of sp³-hybridized carbons (Fsp3) is 0.615. The van der Waals surface area contributed by atoms with Gasteiger partial charge in [0.2, 0.25) is 0 Å². The monoisotopic (exact) mass is 279 g/mol. The highest BCUT2D eigenvalue weighted by Gasteiger charge is 2.23. The predicted octanol–water partition coefficient (Wildman–Crippen LogP) is 0.890. The van der Waals surface area contributed by atoms with Gasteiger partial charge in [0.15, 0.2) is 0 Å². The molecule has 1 aromatic heterocycles. The Morgan fingerprint density at radius 1 is 1.26 bits per heavy atom. The normalized spacial score (nSPS) is 18.4. The molecule has 1 aromatic rings. The summed E-state index contributed by atoms with van der Waals surface area (Å²) in [7, 11) is 0. The number of rotatable bonds is 3. The summed E-state index contributed by atoms with van der Waals surface area (Å²) >= 11 is 5.06. The zero-order valence-corrected chi connectivity index (χ0v) is 12.6. The van der Waals surface area contributed by atoms with Crippen molar-refractivity contribution in [3.05, 3.63) is 17.6 Å². The number of aryl methyl sites for hydroxylation is 2. The van der Waals surface area contributed by atoms with Gasteiger partial charge in [0.1, 0.15) is 11.6 Å². The van der Waals surface area contributed by atoms with E-state index in [1.807, 2.05) is 19.9 Å². The Morgan fingerprint density at radius 2 is 1.89 bits per heavy atom. The standard InChI is InChI=1S/C13H21N5S/c1-9-8-12(16-11(3)15-9)18-6-4-17(5-7-18)10(2)13(14)19/h8,10H,4-7H2,1-3H3,(H2,14,19). The van der Waals surface area contributed by atoms with Crippen LogP contribution in [0.3, 0.4) is 0 Å². The number of anilines is 1. The van der Waals surface area contributed by atoms with E-state index < -0.39 is 0 Å². The summed E-state index contributed by atoms with van der Waals surface area (Å²) in [6.45, 7) is 9.81. The van der Waals surface area contributed by atoms with Gasteiger partial charge in [-0.25, -0.2) is 9.97 Å². The van der Waals surface area contributed by atoms with Gasteiger partial charge < -0.3 is 10.6 Å². The van der Waals surface area contributed by atoms with Crippen LogP contribution in [0.5, 0.6) is 0 Å². The molecule has 1 fully saturated rings. The van der Waals surface area contributed by atoms with E-state index in [4.69, 9.17) is 18.0 Å². The highest BCUT2D eigenvalue weighted by atomic mass is 32.1. The molecule has 2 heterocycles. The molecular weight excluding hydrogens is 258 g/mol. The van der Waals surface area contributed by atoms with Crippen molar-refractivity contribution in [1.82, 2.24) is 14.9 Å². The van der Waals surface area contributed by atoms with Crippen LogP contribution in [0.2, 0.25) is 0 Å². The minimum absolute atomic E-state index is 0.172. The van der Waals surface area contributed by atoms with E-state index in [2.05, 4.69) is 26.7 Å². The molecule has 1 atom stereocenters. The summed E-state index contributed by atoms with van der Waals surface area (Å²) in [4.78, 5) is 14.0. The van der Waals surface area contributed by atoms with E-state index >= 15 is 0 Å². The van der Waals surface area contributed by atoms with E-state index in [-0.39, 0.29) is 6.04 Å². The van der Waals surface area contributed by atoms with Crippen LogP contribution in [0.1, 0.15) is 18.4 Å². The van der Waals surface area contributed by atoms with E-state index in [0.29, 0.717) is 4.99 Å². The minimum Gasteiger partial charge on any atom is -0.392 e. The minimum atomic E-state index is 0.172. The second kappa shape index (κ2) is 5.79. The van der Waals surface area contributed by atoms with Crippen molar-refractivity contribution in [1.29, 1.82) is 0 Å². The molecule has 0 saturated carbocycles. The van der Waals surface area contributed by atoms with Gasteiger partial charge in [0, 0.05) is 37.9 Å². The van der Waals surface area contributed by atoms with Crippen molar-refractivity contribution in [3.63, 3.8) is 0 Å². The van der Waals surface area contributed by atoms with Crippen LogP contribution >= 0.6 is 12.2 Å². The molecule has 1 aliphatic rings. The van der Waals surface area contributed by atoms with E-state index in [9.17, 15) is 0 Å². The Bertz CT molecular complexity index is 448. The van der Waals surface area contributed by atoms with Gasteiger partial charge in [-0.05, 0) is 20.8 Å². The quantitative estimate of drug-likeness (QED) is 0.829. The molecule has 1 saturated heterocycles. The summed E-state index contributed by atoms with van der Waals surface area (Å²) in [5, 5.41) is 0. The molecule has 19 heavy (non-hydrogen) atoms. The van der Waals surface area contributed by atoms with E-state index in [1.165, 1.54) is 0 Å². The Morgan fingerprint density at radius 3 is 2.42 bits per heavy atom. The molecule has 0 spiro atoms. The predicted molar refractivity (Wildman–Crippen MR) is 81.5 cm³/mol. The van der Waals surface area contributed by atoms with Crippen LogP contribution in [-0.2, 0) is 0 Å². The number of nitrogens with zero attached hydrogens (tertiary/aromatic N) is 4. The van der Waals surface area contributed by atoms with Crippen LogP contribution in [0.15, 0.2) is 6.07 Å². The van der Waals surface area contributed by atoms with Crippen molar-refractivity contribution in [2.75, 3.05) is 31.1 Å². The maximum absolute atomic E-state index is 5.71. The molecule has 5 nitrogen and oxygen atoms in total. The van der Waals surface area contributed by atoms with Crippen molar-refractivity contribution in [2.45, 2.75) is 26.8 Å². The number of hydrogen-bond acceptors (Lipinski definition) is 5. The molecule has 6 heteroatoms. The Balaban J connectivity index is 2.01. The van der Waals surface area contributed by atoms with Gasteiger partial charge >= 0.3 is 0 Å². The molecule has 104 valence electrons. The van der Waals surface area contributed by atoms with Crippen molar-refractivity contribution >= 4 is 23.0 Å². The largest absolute Gasteiger partial charge is 0.392 e. The van der Waals surface area contributed by atoms with Crippen molar-refractivity contribution < 1.29 is 0 Å². The maximum atomic E-state index is 5.71. The summed E-state index contributed by atoms with van der Waals surface area (Å²) in [6, 6.07) is 2.21. The number of thiocarbonyl (C=S) groups is 1. The van der Waals surface area contributed by atoms with Crippen molar-refractivity contribution in [2.24, 2.45) is 5.73 Å². The summed E-state index contributed by atoms with van der Waals surface area (Å²) in [5.74, 6) is 1.85. The Hall–Kier alpha value is -1.27. The van der Waals surface area contributed by atoms with Gasteiger partial charge in [-0.15, -0.1) is 0 Å². The van der Waals surface area contributed by atoms with Crippen LogP contribution in [0, 0.1) is 13.8 Å². The number of nitrogens with two attached hydrogens (primary N) is 1. The second-order valence-electron chi connectivity index (χ2n) is 5.02. The first-order valence-electron chi connectivity index (χ1n) is 6.58. The molecule has 0 radical (unpaired) electrons. The fourth-order valence-electron chi connectivity index (χ4n) is 2.38. The highest BCUT2D eigenvalue weighted by molar-refractivity contribution is 7.80. The SMILES string of the molecule is Cc1cc(N2CCN(C(C)C(N)=S)CC2)nc(C)n1. The van der Waals surface area contributed by atoms with Crippen LogP contribution in [-0.4, -0.2) is 52.1 Å². The van der Waals surface area contributed by atoms with Gasteiger partial charge in [0.05, 0.1) is 11.0 Å². The summed E-state index contributed by atoms with van der Waals surface area (Å²) in [5.41, 5.74) is 6.72. The summed E-state index contributed by atoms with van der Waals surface area (Å²) < 4.78 is 0. The third-order valence-electron chi connectivity index (χ3n) is 3.55. The smallest absolute Gasteiger partial charge is 0.132 e. The lowest BCUT2D eigenvalue weighted by atomic mass is 10.2. The molecule has 2 rings (SSSR count). The summed E-state index contributed by atoms with van der Waals surface area (Å²) in [6.07, 6.45) is 0. The van der Waals surface area contributed by atoms with Gasteiger partial charge in [-0.3, -0.25) is 4.90 Å². The zero-order valence-electron chi connectivity index (χ0n) is 11.8. The number of aromatic nitrogens is 2. The maximum Gasteiger partial charge on any atom is 0.132 e. The van der Waals surface area contributed by atoms with Crippen LogP contribution < -0.4 is 10.6 Å². The van der Waals surface area contributed by atoms with Crippen molar-refractivity contribution in [3.8, 4) is 0 Å². The molecular formula is C13H21N5S. The van der Waals surface area contributed by atoms with Crippen LogP contribution in [0.25, 0.3) is 0 Å². The first-order chi connectivity index (χ1) is 8.97. The Kier molecular flexibility index (Phi) is 4.31. The molecule has 0 bridgehead atoms. The average Bonchev–Trinajstić information content (AvgIpc) is 2.37. The molecule has 2 N–H and O–H groups in total. The first-order valence-corrected chi connectivity index (χ1v) is 6.99. The molecule has 0 aliphatic carbocycles. The molecule has 0 amide bonds. The number of hydrogen-bond donors (Lipinski definition) is 1.